The fourth-order valence-corrected chi connectivity index (χ4v) is 2.07. The molecule has 2 atom stereocenters. The van der Waals surface area contributed by atoms with E-state index in [-0.39, 0.29) is 17.9 Å². The number of hydrogen-bond donors (Lipinski definition) is 3. The average molecular weight is 255 g/mol. The van der Waals surface area contributed by atoms with E-state index in [0.717, 1.165) is 6.54 Å². The maximum atomic E-state index is 11.8. The van der Waals surface area contributed by atoms with Crippen molar-refractivity contribution >= 4 is 17.5 Å². The molecule has 3 N–H and O–H groups in total. The molecular formula is C12H15ClN2O2. The monoisotopic (exact) mass is 254 g/mol. The lowest BCUT2D eigenvalue weighted by Gasteiger charge is -2.14. The quantitative estimate of drug-likeness (QED) is 0.742. The van der Waals surface area contributed by atoms with Gasteiger partial charge in [-0.2, -0.15) is 0 Å². The molecule has 0 aromatic heterocycles. The molecule has 1 fully saturated rings. The van der Waals surface area contributed by atoms with Crippen LogP contribution in [0, 0.1) is 5.92 Å². The highest BCUT2D eigenvalue weighted by Gasteiger charge is 2.25. The van der Waals surface area contributed by atoms with Crippen LogP contribution in [0.4, 0.5) is 0 Å². The molecule has 17 heavy (non-hydrogen) atoms. The molecule has 92 valence electrons. The molecule has 1 saturated heterocycles. The SMILES string of the molecule is O=C(NCC1CNCC1O)c1cccc(Cl)c1. The zero-order valence-electron chi connectivity index (χ0n) is 9.32. The second-order valence-electron chi connectivity index (χ2n) is 4.21. The van der Waals surface area contributed by atoms with Gasteiger partial charge in [0.05, 0.1) is 6.10 Å². The molecular weight excluding hydrogens is 240 g/mol. The molecule has 2 rings (SSSR count). The molecule has 1 aliphatic heterocycles. The van der Waals surface area contributed by atoms with Crippen molar-refractivity contribution in [3.8, 4) is 0 Å². The lowest BCUT2D eigenvalue weighted by Crippen LogP contribution is -2.34. The second-order valence-corrected chi connectivity index (χ2v) is 4.64. The summed E-state index contributed by atoms with van der Waals surface area (Å²) in [4.78, 5) is 11.8. The highest BCUT2D eigenvalue weighted by atomic mass is 35.5. The van der Waals surface area contributed by atoms with Crippen LogP contribution in [0.25, 0.3) is 0 Å². The number of hydrogen-bond acceptors (Lipinski definition) is 3. The molecule has 1 aromatic carbocycles. The van der Waals surface area contributed by atoms with Crippen LogP contribution in [0.15, 0.2) is 24.3 Å². The summed E-state index contributed by atoms with van der Waals surface area (Å²) in [7, 11) is 0. The minimum Gasteiger partial charge on any atom is -0.391 e. The van der Waals surface area contributed by atoms with Crippen molar-refractivity contribution < 1.29 is 9.90 Å². The van der Waals surface area contributed by atoms with E-state index in [2.05, 4.69) is 10.6 Å². The van der Waals surface area contributed by atoms with Crippen molar-refractivity contribution in [2.75, 3.05) is 19.6 Å². The number of halogens is 1. The highest BCUT2D eigenvalue weighted by Crippen LogP contribution is 2.11. The molecule has 2 unspecified atom stereocenters. The predicted molar refractivity (Wildman–Crippen MR) is 66.2 cm³/mol. The largest absolute Gasteiger partial charge is 0.391 e. The van der Waals surface area contributed by atoms with Gasteiger partial charge in [-0.25, -0.2) is 0 Å². The molecule has 1 amide bonds. The summed E-state index contributed by atoms with van der Waals surface area (Å²) in [6, 6.07) is 6.80. The maximum Gasteiger partial charge on any atom is 0.251 e. The number of β-amino-alcohol motifs (C(OH)–C–C–N with tert-alkyl or cyclic N) is 1. The number of benzene rings is 1. The first kappa shape index (κ1) is 12.4. The Kier molecular flexibility index (Phi) is 3.99. The van der Waals surface area contributed by atoms with Crippen molar-refractivity contribution in [3.63, 3.8) is 0 Å². The molecule has 1 aromatic rings. The summed E-state index contributed by atoms with van der Waals surface area (Å²) in [6.07, 6.45) is -0.380. The minimum absolute atomic E-state index is 0.0816. The molecule has 5 heteroatoms. The average Bonchev–Trinajstić information content (AvgIpc) is 2.72. The standard InChI is InChI=1S/C12H15ClN2O2/c13-10-3-1-2-8(4-10)12(17)15-6-9-5-14-7-11(9)16/h1-4,9,11,14,16H,5-7H2,(H,15,17). The zero-order valence-corrected chi connectivity index (χ0v) is 10.1. The third-order valence-corrected chi connectivity index (χ3v) is 3.15. The van der Waals surface area contributed by atoms with Crippen molar-refractivity contribution in [3.05, 3.63) is 34.9 Å². The van der Waals surface area contributed by atoms with E-state index in [0.29, 0.717) is 23.7 Å². The Labute approximate surface area is 105 Å². The molecule has 0 bridgehead atoms. The van der Waals surface area contributed by atoms with Crippen LogP contribution >= 0.6 is 11.6 Å². The van der Waals surface area contributed by atoms with Crippen LogP contribution in [-0.2, 0) is 0 Å². The summed E-state index contributed by atoms with van der Waals surface area (Å²) in [5, 5.41) is 16.0. The summed E-state index contributed by atoms with van der Waals surface area (Å²) < 4.78 is 0. The summed E-state index contributed by atoms with van der Waals surface area (Å²) in [5.41, 5.74) is 0.540. The van der Waals surface area contributed by atoms with Crippen LogP contribution in [-0.4, -0.2) is 36.8 Å². The molecule has 4 nitrogen and oxygen atoms in total. The van der Waals surface area contributed by atoms with Gasteiger partial charge in [0, 0.05) is 36.1 Å². The Morgan fingerprint density at radius 3 is 3.00 bits per heavy atom. The van der Waals surface area contributed by atoms with Gasteiger partial charge in [-0.1, -0.05) is 17.7 Å². The van der Waals surface area contributed by atoms with Crippen LogP contribution in [0.2, 0.25) is 5.02 Å². The van der Waals surface area contributed by atoms with E-state index in [1.165, 1.54) is 0 Å². The Morgan fingerprint density at radius 1 is 1.53 bits per heavy atom. The Hall–Kier alpha value is -1.10. The lowest BCUT2D eigenvalue weighted by atomic mass is 10.1. The van der Waals surface area contributed by atoms with Gasteiger partial charge in [-0.15, -0.1) is 0 Å². The van der Waals surface area contributed by atoms with Crippen LogP contribution in [0.5, 0.6) is 0 Å². The Bertz CT molecular complexity index is 411. The fourth-order valence-electron chi connectivity index (χ4n) is 1.88. The van der Waals surface area contributed by atoms with Crippen LogP contribution in [0.1, 0.15) is 10.4 Å². The molecule has 1 aliphatic rings. The Balaban J connectivity index is 1.89. The summed E-state index contributed by atoms with van der Waals surface area (Å²) in [6.45, 7) is 1.80. The molecule has 0 saturated carbocycles. The van der Waals surface area contributed by atoms with Crippen LogP contribution < -0.4 is 10.6 Å². The van der Waals surface area contributed by atoms with E-state index >= 15 is 0 Å². The van der Waals surface area contributed by atoms with Gasteiger partial charge in [0.25, 0.3) is 5.91 Å². The minimum atomic E-state index is -0.380. The van der Waals surface area contributed by atoms with Crippen molar-refractivity contribution in [1.82, 2.24) is 10.6 Å². The van der Waals surface area contributed by atoms with Gasteiger partial charge in [-0.05, 0) is 18.2 Å². The van der Waals surface area contributed by atoms with Gasteiger partial charge < -0.3 is 15.7 Å². The van der Waals surface area contributed by atoms with E-state index in [4.69, 9.17) is 11.6 Å². The van der Waals surface area contributed by atoms with Crippen molar-refractivity contribution in [1.29, 1.82) is 0 Å². The summed E-state index contributed by atoms with van der Waals surface area (Å²) in [5.74, 6) is -0.0789. The number of nitrogens with one attached hydrogen (secondary N) is 2. The number of rotatable bonds is 3. The van der Waals surface area contributed by atoms with Gasteiger partial charge >= 0.3 is 0 Å². The molecule has 0 radical (unpaired) electrons. The smallest absolute Gasteiger partial charge is 0.251 e. The number of carbonyl (C=O) groups is 1. The topological polar surface area (TPSA) is 61.4 Å². The molecule has 0 spiro atoms. The lowest BCUT2D eigenvalue weighted by molar-refractivity contribution is 0.0927. The van der Waals surface area contributed by atoms with E-state index in [1.807, 2.05) is 0 Å². The third kappa shape index (κ3) is 3.19. The molecule has 0 aliphatic carbocycles. The van der Waals surface area contributed by atoms with Gasteiger partial charge in [0.1, 0.15) is 0 Å². The van der Waals surface area contributed by atoms with Gasteiger partial charge in [0.2, 0.25) is 0 Å². The number of carbonyl (C=O) groups excluding carboxylic acids is 1. The van der Waals surface area contributed by atoms with Crippen LogP contribution in [0.3, 0.4) is 0 Å². The van der Waals surface area contributed by atoms with Gasteiger partial charge in [-0.3, -0.25) is 4.79 Å². The first-order chi connectivity index (χ1) is 8.16. The predicted octanol–water partition coefficient (Wildman–Crippen LogP) is 0.650. The molecule has 1 heterocycles. The Morgan fingerprint density at radius 2 is 2.35 bits per heavy atom. The number of amides is 1. The zero-order chi connectivity index (χ0) is 12.3. The van der Waals surface area contributed by atoms with Crippen molar-refractivity contribution in [2.45, 2.75) is 6.10 Å². The first-order valence-electron chi connectivity index (χ1n) is 5.59. The number of aliphatic hydroxyl groups excluding tert-OH is 1. The fraction of sp³-hybridized carbons (Fsp3) is 0.417. The summed E-state index contributed by atoms with van der Waals surface area (Å²) >= 11 is 5.81. The normalized spacial score (nSPS) is 23.6. The van der Waals surface area contributed by atoms with E-state index in [1.54, 1.807) is 24.3 Å². The third-order valence-electron chi connectivity index (χ3n) is 2.92. The second kappa shape index (κ2) is 5.49. The maximum absolute atomic E-state index is 11.8. The number of aliphatic hydroxyl groups is 1. The van der Waals surface area contributed by atoms with Crippen molar-refractivity contribution in [2.24, 2.45) is 5.92 Å². The first-order valence-corrected chi connectivity index (χ1v) is 5.97. The highest BCUT2D eigenvalue weighted by molar-refractivity contribution is 6.30. The van der Waals surface area contributed by atoms with Gasteiger partial charge in [0.15, 0.2) is 0 Å². The van der Waals surface area contributed by atoms with E-state index in [9.17, 15) is 9.90 Å². The van der Waals surface area contributed by atoms with E-state index < -0.39 is 0 Å².